The van der Waals surface area contributed by atoms with Crippen molar-refractivity contribution in [1.29, 1.82) is 0 Å². The molecule has 0 bridgehead atoms. The molecule has 2 aliphatic heterocycles. The van der Waals surface area contributed by atoms with E-state index < -0.39 is 17.8 Å². The van der Waals surface area contributed by atoms with Crippen LogP contribution in [0.5, 0.6) is 0 Å². The molecule has 2 aliphatic rings. The Morgan fingerprint density at radius 2 is 2.04 bits per heavy atom. The van der Waals surface area contributed by atoms with E-state index >= 15 is 0 Å². The fourth-order valence-electron chi connectivity index (χ4n) is 2.80. The fraction of sp³-hybridized carbons (Fsp3) is 0.353. The van der Waals surface area contributed by atoms with Crippen LogP contribution in [-0.2, 0) is 19.1 Å². The topological polar surface area (TPSA) is 100 Å². The molecule has 3 rings (SSSR count). The summed E-state index contributed by atoms with van der Waals surface area (Å²) in [6, 6.07) is 9.28. The van der Waals surface area contributed by atoms with Crippen molar-refractivity contribution in [2.75, 3.05) is 6.61 Å². The van der Waals surface area contributed by atoms with E-state index in [1.54, 1.807) is 13.8 Å². The van der Waals surface area contributed by atoms with Crippen LogP contribution in [0, 0.1) is 5.92 Å². The van der Waals surface area contributed by atoms with Crippen molar-refractivity contribution < 1.29 is 19.1 Å². The molecular formula is C17H18N4O4. The first kappa shape index (κ1) is 16.8. The second-order valence-electron chi connectivity index (χ2n) is 5.75. The summed E-state index contributed by atoms with van der Waals surface area (Å²) >= 11 is 0. The SMILES string of the molecule is CCOC(=O)C1=NN(C2=NNC(=O)CC2c2ccccc2)C(=O)C1C. The lowest BCUT2D eigenvalue weighted by Crippen LogP contribution is -2.42. The molecule has 0 saturated carbocycles. The van der Waals surface area contributed by atoms with Crippen LogP contribution in [0.4, 0.5) is 0 Å². The molecule has 0 aromatic heterocycles. The first-order valence-corrected chi connectivity index (χ1v) is 8.03. The van der Waals surface area contributed by atoms with Gasteiger partial charge in [-0.3, -0.25) is 9.59 Å². The quantitative estimate of drug-likeness (QED) is 0.828. The number of nitrogens with zero attached hydrogens (tertiary/aromatic N) is 3. The molecule has 25 heavy (non-hydrogen) atoms. The molecule has 0 fully saturated rings. The number of rotatable bonds is 3. The number of hydrazone groups is 2. The van der Waals surface area contributed by atoms with Gasteiger partial charge in [0, 0.05) is 6.42 Å². The smallest absolute Gasteiger partial charge is 0.355 e. The Morgan fingerprint density at radius 3 is 2.72 bits per heavy atom. The van der Waals surface area contributed by atoms with Gasteiger partial charge >= 0.3 is 5.97 Å². The van der Waals surface area contributed by atoms with Gasteiger partial charge in [-0.2, -0.15) is 15.2 Å². The minimum absolute atomic E-state index is 0.0401. The minimum atomic E-state index is -0.726. The number of amides is 2. The van der Waals surface area contributed by atoms with Gasteiger partial charge in [0.2, 0.25) is 5.91 Å². The van der Waals surface area contributed by atoms with Crippen molar-refractivity contribution in [2.45, 2.75) is 26.2 Å². The van der Waals surface area contributed by atoms with Crippen molar-refractivity contribution in [3.8, 4) is 0 Å². The van der Waals surface area contributed by atoms with Gasteiger partial charge in [-0.05, 0) is 19.4 Å². The maximum Gasteiger partial charge on any atom is 0.355 e. The van der Waals surface area contributed by atoms with Crippen molar-refractivity contribution in [3.05, 3.63) is 35.9 Å². The Morgan fingerprint density at radius 1 is 1.32 bits per heavy atom. The van der Waals surface area contributed by atoms with E-state index in [1.165, 1.54) is 0 Å². The number of hydrogen-bond acceptors (Lipinski definition) is 6. The summed E-state index contributed by atoms with van der Waals surface area (Å²) in [5.41, 5.74) is 3.27. The molecule has 2 amide bonds. The third-order valence-corrected chi connectivity index (χ3v) is 4.10. The standard InChI is InChI=1S/C17H18N4O4/c1-3-25-17(24)14-10(2)16(23)21(20-14)15-12(9-13(22)18-19-15)11-7-5-4-6-8-11/h4-8,10,12H,3,9H2,1-2H3,(H,18,22). The lowest BCUT2D eigenvalue weighted by molar-refractivity contribution is -0.136. The predicted molar refractivity (Wildman–Crippen MR) is 89.5 cm³/mol. The van der Waals surface area contributed by atoms with Gasteiger partial charge in [-0.15, -0.1) is 0 Å². The highest BCUT2D eigenvalue weighted by Crippen LogP contribution is 2.29. The Hall–Kier alpha value is -3.03. The third-order valence-electron chi connectivity index (χ3n) is 4.10. The Labute approximate surface area is 144 Å². The molecule has 8 heteroatoms. The van der Waals surface area contributed by atoms with E-state index in [9.17, 15) is 14.4 Å². The molecule has 1 aromatic rings. The van der Waals surface area contributed by atoms with Crippen LogP contribution in [0.15, 0.2) is 40.5 Å². The fourth-order valence-corrected chi connectivity index (χ4v) is 2.80. The highest BCUT2D eigenvalue weighted by molar-refractivity contribution is 6.43. The van der Waals surface area contributed by atoms with Gasteiger partial charge in [0.25, 0.3) is 5.91 Å². The number of hydrogen-bond donors (Lipinski definition) is 1. The van der Waals surface area contributed by atoms with E-state index in [0.29, 0.717) is 5.84 Å². The summed E-state index contributed by atoms with van der Waals surface area (Å²) in [7, 11) is 0. The number of ether oxygens (including phenoxy) is 1. The molecule has 0 spiro atoms. The third kappa shape index (κ3) is 3.15. The number of benzene rings is 1. The first-order valence-electron chi connectivity index (χ1n) is 8.03. The van der Waals surface area contributed by atoms with Crippen LogP contribution in [0.25, 0.3) is 0 Å². The lowest BCUT2D eigenvalue weighted by Gasteiger charge is -2.26. The van der Waals surface area contributed by atoms with E-state index in [2.05, 4.69) is 15.6 Å². The maximum absolute atomic E-state index is 12.6. The van der Waals surface area contributed by atoms with Crippen molar-refractivity contribution in [2.24, 2.45) is 16.1 Å². The summed E-state index contributed by atoms with van der Waals surface area (Å²) < 4.78 is 4.95. The summed E-state index contributed by atoms with van der Waals surface area (Å²) in [5, 5.41) is 9.28. The van der Waals surface area contributed by atoms with Crippen LogP contribution < -0.4 is 5.43 Å². The molecule has 130 valence electrons. The Balaban J connectivity index is 1.96. The summed E-state index contributed by atoms with van der Waals surface area (Å²) in [5.74, 6) is -2.09. The van der Waals surface area contributed by atoms with Crippen molar-refractivity contribution in [3.63, 3.8) is 0 Å². The summed E-state index contributed by atoms with van der Waals surface area (Å²) in [6.07, 6.45) is 0.144. The largest absolute Gasteiger partial charge is 0.461 e. The van der Waals surface area contributed by atoms with Gasteiger partial charge in [0.05, 0.1) is 18.4 Å². The van der Waals surface area contributed by atoms with Gasteiger partial charge in [0.15, 0.2) is 11.5 Å². The predicted octanol–water partition coefficient (Wildman–Crippen LogP) is 1.00. The zero-order valence-corrected chi connectivity index (χ0v) is 13.9. The van der Waals surface area contributed by atoms with E-state index in [-0.39, 0.29) is 30.6 Å². The molecule has 2 heterocycles. The average Bonchev–Trinajstić information content (AvgIpc) is 2.91. The van der Waals surface area contributed by atoms with Crippen LogP contribution in [-0.4, -0.2) is 40.9 Å². The van der Waals surface area contributed by atoms with Gasteiger partial charge in [0.1, 0.15) is 0 Å². The van der Waals surface area contributed by atoms with Crippen LogP contribution in [0.1, 0.15) is 31.7 Å². The number of carbonyl (C=O) groups excluding carboxylic acids is 3. The highest BCUT2D eigenvalue weighted by atomic mass is 16.5. The molecule has 0 aliphatic carbocycles. The Bertz CT molecular complexity index is 772. The molecule has 1 N–H and O–H groups in total. The number of amidine groups is 1. The van der Waals surface area contributed by atoms with Gasteiger partial charge in [-0.25, -0.2) is 10.2 Å². The number of nitrogens with one attached hydrogen (secondary N) is 1. The molecule has 1 aromatic carbocycles. The summed E-state index contributed by atoms with van der Waals surface area (Å²) in [4.78, 5) is 36.4. The van der Waals surface area contributed by atoms with Crippen molar-refractivity contribution >= 4 is 29.3 Å². The maximum atomic E-state index is 12.6. The molecular weight excluding hydrogens is 324 g/mol. The van der Waals surface area contributed by atoms with E-state index in [4.69, 9.17) is 4.74 Å². The molecule has 0 saturated heterocycles. The van der Waals surface area contributed by atoms with Crippen molar-refractivity contribution in [1.82, 2.24) is 10.4 Å². The number of carbonyl (C=O) groups is 3. The van der Waals surface area contributed by atoms with Crippen LogP contribution in [0.2, 0.25) is 0 Å². The second kappa shape index (κ2) is 6.84. The molecule has 2 unspecified atom stereocenters. The first-order chi connectivity index (χ1) is 12.0. The van der Waals surface area contributed by atoms with E-state index in [0.717, 1.165) is 10.6 Å². The molecule has 2 atom stereocenters. The minimum Gasteiger partial charge on any atom is -0.461 e. The van der Waals surface area contributed by atoms with E-state index in [1.807, 2.05) is 30.3 Å². The van der Waals surface area contributed by atoms with Crippen LogP contribution in [0.3, 0.4) is 0 Å². The normalized spacial score (nSPS) is 23.0. The Kier molecular flexibility index (Phi) is 4.60. The average molecular weight is 342 g/mol. The highest BCUT2D eigenvalue weighted by Gasteiger charge is 2.42. The zero-order chi connectivity index (χ0) is 18.0. The van der Waals surface area contributed by atoms with Gasteiger partial charge < -0.3 is 4.74 Å². The monoisotopic (exact) mass is 342 g/mol. The molecule has 0 radical (unpaired) electrons. The second-order valence-corrected chi connectivity index (χ2v) is 5.75. The van der Waals surface area contributed by atoms with Crippen LogP contribution >= 0.6 is 0 Å². The molecule has 8 nitrogen and oxygen atoms in total. The number of esters is 1. The zero-order valence-electron chi connectivity index (χ0n) is 13.9. The van der Waals surface area contributed by atoms with Gasteiger partial charge in [-0.1, -0.05) is 30.3 Å². The summed E-state index contributed by atoms with van der Waals surface area (Å²) in [6.45, 7) is 3.48. The lowest BCUT2D eigenvalue weighted by atomic mass is 9.92.